The fourth-order valence-corrected chi connectivity index (χ4v) is 3.40. The monoisotopic (exact) mass is 383 g/mol. The van der Waals surface area contributed by atoms with Gasteiger partial charge in [-0.05, 0) is 51.7 Å². The zero-order valence-electron chi connectivity index (χ0n) is 17.0. The van der Waals surface area contributed by atoms with Gasteiger partial charge >= 0.3 is 5.97 Å². The highest BCUT2D eigenvalue weighted by atomic mass is 16.5. The molecule has 0 atom stereocenters. The summed E-state index contributed by atoms with van der Waals surface area (Å²) in [6.07, 6.45) is 2.87. The number of carbonyl (C=O) groups is 2. The molecule has 1 saturated carbocycles. The Morgan fingerprint density at radius 2 is 1.93 bits per heavy atom. The number of ether oxygens (including phenoxy) is 1. The summed E-state index contributed by atoms with van der Waals surface area (Å²) < 4.78 is 6.90. The summed E-state index contributed by atoms with van der Waals surface area (Å²) in [6.45, 7) is 7.24. The molecule has 1 aliphatic rings. The number of carbonyl (C=O) groups excluding carboxylic acids is 2. The molecule has 3 rings (SSSR count). The molecule has 0 saturated heterocycles. The Kier molecular flexibility index (Phi) is 6.49. The number of rotatable bonds is 9. The molecular formula is C22H29N3O3. The number of hydrogen-bond acceptors (Lipinski definition) is 4. The van der Waals surface area contributed by atoms with Crippen LogP contribution >= 0.6 is 0 Å². The van der Waals surface area contributed by atoms with Gasteiger partial charge < -0.3 is 9.64 Å². The second-order valence-electron chi connectivity index (χ2n) is 7.41. The van der Waals surface area contributed by atoms with Crippen molar-refractivity contribution in [2.24, 2.45) is 5.92 Å². The molecule has 1 fully saturated rings. The highest BCUT2D eigenvalue weighted by Gasteiger charge is 2.28. The molecule has 0 N–H and O–H groups in total. The van der Waals surface area contributed by atoms with Crippen molar-refractivity contribution < 1.29 is 14.3 Å². The first-order chi connectivity index (χ1) is 13.5. The maximum Gasteiger partial charge on any atom is 0.307 e. The molecule has 1 heterocycles. The van der Waals surface area contributed by atoms with E-state index in [1.165, 1.54) is 0 Å². The third-order valence-corrected chi connectivity index (χ3v) is 5.19. The number of esters is 1. The van der Waals surface area contributed by atoms with Crippen LogP contribution in [0.3, 0.4) is 0 Å². The zero-order valence-corrected chi connectivity index (χ0v) is 17.0. The van der Waals surface area contributed by atoms with Crippen molar-refractivity contribution in [1.29, 1.82) is 0 Å². The molecule has 1 aromatic heterocycles. The molecule has 0 radical (unpaired) electrons. The van der Waals surface area contributed by atoms with Crippen LogP contribution in [-0.2, 0) is 20.7 Å². The summed E-state index contributed by atoms with van der Waals surface area (Å²) in [7, 11) is 0. The highest BCUT2D eigenvalue weighted by molar-refractivity contribution is 5.80. The van der Waals surface area contributed by atoms with Crippen LogP contribution in [0.1, 0.15) is 43.1 Å². The first kappa shape index (κ1) is 20.1. The molecule has 0 bridgehead atoms. The largest absolute Gasteiger partial charge is 0.466 e. The normalized spacial score (nSPS) is 13.4. The predicted octanol–water partition coefficient (Wildman–Crippen LogP) is 3.22. The first-order valence-electron chi connectivity index (χ1n) is 10.0. The lowest BCUT2D eigenvalue weighted by Gasteiger charge is -2.22. The fraction of sp³-hybridized carbons (Fsp3) is 0.500. The Labute approximate surface area is 166 Å². The molecule has 1 aliphatic carbocycles. The van der Waals surface area contributed by atoms with Crippen LogP contribution in [0.5, 0.6) is 0 Å². The second kappa shape index (κ2) is 9.04. The van der Waals surface area contributed by atoms with Gasteiger partial charge in [0, 0.05) is 24.3 Å². The van der Waals surface area contributed by atoms with Gasteiger partial charge in [0.2, 0.25) is 5.91 Å². The summed E-state index contributed by atoms with van der Waals surface area (Å²) in [4.78, 5) is 26.6. The predicted molar refractivity (Wildman–Crippen MR) is 107 cm³/mol. The van der Waals surface area contributed by atoms with Crippen LogP contribution in [0.25, 0.3) is 5.69 Å². The highest BCUT2D eigenvalue weighted by Crippen LogP contribution is 2.30. The summed E-state index contributed by atoms with van der Waals surface area (Å²) in [5.41, 5.74) is 3.80. The Bertz CT molecular complexity index is 825. The van der Waals surface area contributed by atoms with E-state index in [9.17, 15) is 9.59 Å². The Balaban J connectivity index is 1.72. The minimum Gasteiger partial charge on any atom is -0.466 e. The fourth-order valence-electron chi connectivity index (χ4n) is 3.40. The number of nitrogens with zero attached hydrogens (tertiary/aromatic N) is 3. The SMILES string of the molecule is CCOC(=O)CCN(CC1CC1)C(=O)Cc1c(C)nn(-c2ccccc2)c1C. The number of hydrogen-bond donors (Lipinski definition) is 0. The molecule has 0 spiro atoms. The lowest BCUT2D eigenvalue weighted by atomic mass is 10.1. The van der Waals surface area contributed by atoms with Gasteiger partial charge in [0.25, 0.3) is 0 Å². The number of para-hydroxylation sites is 1. The quantitative estimate of drug-likeness (QED) is 0.624. The molecule has 1 aromatic carbocycles. The van der Waals surface area contributed by atoms with Gasteiger partial charge in [-0.15, -0.1) is 0 Å². The minimum atomic E-state index is -0.250. The molecule has 28 heavy (non-hydrogen) atoms. The van der Waals surface area contributed by atoms with Crippen molar-refractivity contribution in [3.63, 3.8) is 0 Å². The van der Waals surface area contributed by atoms with Crippen molar-refractivity contribution in [2.45, 2.75) is 46.5 Å². The number of aromatic nitrogens is 2. The van der Waals surface area contributed by atoms with Crippen LogP contribution in [0.15, 0.2) is 30.3 Å². The second-order valence-corrected chi connectivity index (χ2v) is 7.41. The van der Waals surface area contributed by atoms with Crippen molar-refractivity contribution in [3.05, 3.63) is 47.3 Å². The van der Waals surface area contributed by atoms with Gasteiger partial charge in [-0.2, -0.15) is 5.10 Å². The van der Waals surface area contributed by atoms with Crippen molar-refractivity contribution in [1.82, 2.24) is 14.7 Å². The Morgan fingerprint density at radius 3 is 2.57 bits per heavy atom. The molecule has 6 nitrogen and oxygen atoms in total. The molecule has 6 heteroatoms. The van der Waals surface area contributed by atoms with Gasteiger partial charge in [0.15, 0.2) is 0 Å². The van der Waals surface area contributed by atoms with Gasteiger partial charge in [0.1, 0.15) is 0 Å². The smallest absolute Gasteiger partial charge is 0.307 e. The summed E-state index contributed by atoms with van der Waals surface area (Å²) in [5, 5.41) is 4.64. The van der Waals surface area contributed by atoms with E-state index in [0.29, 0.717) is 25.5 Å². The van der Waals surface area contributed by atoms with E-state index in [2.05, 4.69) is 5.10 Å². The molecule has 0 unspecified atom stereocenters. The molecule has 2 aromatic rings. The molecular weight excluding hydrogens is 354 g/mol. The van der Waals surface area contributed by atoms with E-state index in [1.807, 2.05) is 53.8 Å². The minimum absolute atomic E-state index is 0.0509. The average Bonchev–Trinajstić information content (AvgIpc) is 3.47. The third kappa shape index (κ3) is 5.00. The third-order valence-electron chi connectivity index (χ3n) is 5.19. The van der Waals surface area contributed by atoms with E-state index in [0.717, 1.165) is 42.0 Å². The first-order valence-corrected chi connectivity index (χ1v) is 10.0. The Morgan fingerprint density at radius 1 is 1.21 bits per heavy atom. The van der Waals surface area contributed by atoms with Crippen molar-refractivity contribution in [3.8, 4) is 5.69 Å². The average molecular weight is 383 g/mol. The summed E-state index contributed by atoms with van der Waals surface area (Å²) in [5.74, 6) is 0.371. The zero-order chi connectivity index (χ0) is 20.1. The standard InChI is InChI=1S/C22H29N3O3/c1-4-28-22(27)12-13-24(15-18-10-11-18)21(26)14-20-16(2)23-25(17(20)3)19-8-6-5-7-9-19/h5-9,18H,4,10-15H2,1-3H3. The van der Waals surface area contributed by atoms with Crippen LogP contribution in [0.4, 0.5) is 0 Å². The maximum absolute atomic E-state index is 13.0. The summed E-state index contributed by atoms with van der Waals surface area (Å²) >= 11 is 0. The van der Waals surface area contributed by atoms with Crippen molar-refractivity contribution in [2.75, 3.05) is 19.7 Å². The number of amides is 1. The van der Waals surface area contributed by atoms with E-state index in [-0.39, 0.29) is 18.3 Å². The van der Waals surface area contributed by atoms with Crippen LogP contribution < -0.4 is 0 Å². The Hall–Kier alpha value is -2.63. The molecule has 150 valence electrons. The number of benzene rings is 1. The van der Waals surface area contributed by atoms with Crippen LogP contribution in [0.2, 0.25) is 0 Å². The number of aryl methyl sites for hydroxylation is 1. The van der Waals surface area contributed by atoms with Gasteiger partial charge in [-0.1, -0.05) is 18.2 Å². The van der Waals surface area contributed by atoms with Crippen LogP contribution in [-0.4, -0.2) is 46.3 Å². The molecule has 0 aliphatic heterocycles. The van der Waals surface area contributed by atoms with E-state index in [1.54, 1.807) is 6.92 Å². The van der Waals surface area contributed by atoms with E-state index >= 15 is 0 Å². The lowest BCUT2D eigenvalue weighted by Crippen LogP contribution is -2.36. The molecule has 1 amide bonds. The lowest BCUT2D eigenvalue weighted by molar-refractivity contribution is -0.144. The summed E-state index contributed by atoms with van der Waals surface area (Å²) in [6, 6.07) is 9.93. The van der Waals surface area contributed by atoms with E-state index in [4.69, 9.17) is 4.74 Å². The van der Waals surface area contributed by atoms with Gasteiger partial charge in [0.05, 0.1) is 30.8 Å². The maximum atomic E-state index is 13.0. The van der Waals surface area contributed by atoms with E-state index < -0.39 is 0 Å². The van der Waals surface area contributed by atoms with Crippen LogP contribution in [0, 0.1) is 19.8 Å². The van der Waals surface area contributed by atoms with Gasteiger partial charge in [-0.25, -0.2) is 4.68 Å². The van der Waals surface area contributed by atoms with Gasteiger partial charge in [-0.3, -0.25) is 9.59 Å². The van der Waals surface area contributed by atoms with Crippen molar-refractivity contribution >= 4 is 11.9 Å². The topological polar surface area (TPSA) is 64.4 Å².